The van der Waals surface area contributed by atoms with Crippen molar-refractivity contribution in [2.75, 3.05) is 26.7 Å². The maximum Gasteiger partial charge on any atom is 0.230 e. The Kier molecular flexibility index (Phi) is 4.58. The highest BCUT2D eigenvalue weighted by atomic mass is 16.5. The number of nitrogens with zero attached hydrogens (tertiary/aromatic N) is 3. The lowest BCUT2D eigenvalue weighted by molar-refractivity contribution is -0.142. The summed E-state index contributed by atoms with van der Waals surface area (Å²) in [5.41, 5.74) is 0.455. The molecule has 0 saturated carbocycles. The second-order valence-corrected chi connectivity index (χ2v) is 8.46. The molecule has 1 N–H and O–H groups in total. The van der Waals surface area contributed by atoms with Gasteiger partial charge in [-0.05, 0) is 24.3 Å². The number of hydrogen-bond donors (Lipinski definition) is 1. The molecule has 0 radical (unpaired) electrons. The lowest BCUT2D eigenvalue weighted by Crippen LogP contribution is -2.45. The Morgan fingerprint density at radius 1 is 1.52 bits per heavy atom. The van der Waals surface area contributed by atoms with Crippen LogP contribution in [0.1, 0.15) is 25.8 Å². The van der Waals surface area contributed by atoms with Gasteiger partial charge in [0, 0.05) is 26.3 Å². The average molecular weight is 372 g/mol. The van der Waals surface area contributed by atoms with Crippen molar-refractivity contribution in [3.05, 3.63) is 30.1 Å². The minimum Gasteiger partial charge on any atom is -0.360 e. The first kappa shape index (κ1) is 18.2. The summed E-state index contributed by atoms with van der Waals surface area (Å²) in [6.07, 6.45) is 9.01. The van der Waals surface area contributed by atoms with Gasteiger partial charge in [0.05, 0.1) is 30.7 Å². The lowest BCUT2D eigenvalue weighted by atomic mass is 9.76. The Morgan fingerprint density at radius 2 is 2.33 bits per heavy atom. The van der Waals surface area contributed by atoms with Crippen LogP contribution in [-0.4, -0.2) is 70.2 Å². The number of ether oxygens (including phenoxy) is 1. The first-order valence-corrected chi connectivity index (χ1v) is 9.80. The summed E-state index contributed by atoms with van der Waals surface area (Å²) < 4.78 is 6.19. The maximum absolute atomic E-state index is 13.2. The first-order valence-electron chi connectivity index (χ1n) is 9.80. The van der Waals surface area contributed by atoms with Crippen LogP contribution in [0.3, 0.4) is 0 Å². The maximum atomic E-state index is 13.2. The van der Waals surface area contributed by atoms with Gasteiger partial charge in [-0.3, -0.25) is 14.7 Å². The van der Waals surface area contributed by atoms with E-state index in [1.165, 1.54) is 0 Å². The molecule has 2 fully saturated rings. The molecule has 3 aliphatic rings. The molecule has 1 spiro atoms. The minimum absolute atomic E-state index is 0.00113. The molecule has 2 unspecified atom stereocenters. The zero-order chi connectivity index (χ0) is 19.2. The first-order chi connectivity index (χ1) is 12.9. The van der Waals surface area contributed by atoms with Gasteiger partial charge in [-0.25, -0.2) is 0 Å². The van der Waals surface area contributed by atoms with Crippen LogP contribution in [0.4, 0.5) is 0 Å². The van der Waals surface area contributed by atoms with Gasteiger partial charge in [0.2, 0.25) is 11.8 Å². The predicted octanol–water partition coefficient (Wildman–Crippen LogP) is 1.24. The number of likely N-dealkylation sites (tertiary alicyclic amines) is 1. The van der Waals surface area contributed by atoms with Crippen molar-refractivity contribution in [2.45, 2.75) is 38.4 Å². The number of fused-ring (bicyclic) bond motifs is 1. The monoisotopic (exact) mass is 372 g/mol. The molecule has 0 aliphatic carbocycles. The summed E-state index contributed by atoms with van der Waals surface area (Å²) in [5.74, 6) is -0.192. The van der Waals surface area contributed by atoms with E-state index >= 15 is 0 Å². The second-order valence-electron chi connectivity index (χ2n) is 8.46. The number of carbonyl (C=O) groups excluding carboxylic acids is 2. The van der Waals surface area contributed by atoms with Crippen LogP contribution in [0.25, 0.3) is 0 Å². The number of rotatable bonds is 7. The van der Waals surface area contributed by atoms with Crippen molar-refractivity contribution in [3.63, 3.8) is 0 Å². The molecule has 2 bridgehead atoms. The quantitative estimate of drug-likeness (QED) is 0.731. The molecule has 1 aromatic heterocycles. The highest BCUT2D eigenvalue weighted by molar-refractivity contribution is 5.93. The van der Waals surface area contributed by atoms with Crippen molar-refractivity contribution < 1.29 is 14.3 Å². The number of carbonyl (C=O) groups is 2. The molecule has 1 aromatic rings. The molecule has 7 nitrogen and oxygen atoms in total. The van der Waals surface area contributed by atoms with Crippen LogP contribution in [0.2, 0.25) is 0 Å². The van der Waals surface area contributed by atoms with E-state index < -0.39 is 11.5 Å². The Balaban J connectivity index is 1.46. The zero-order valence-corrected chi connectivity index (χ0v) is 16.2. The Bertz CT molecular complexity index is 744. The average Bonchev–Trinajstić information content (AvgIpc) is 3.39. The molecule has 2 saturated heterocycles. The molecule has 146 valence electrons. The number of H-pyrrole nitrogens is 1. The van der Waals surface area contributed by atoms with Gasteiger partial charge in [-0.2, -0.15) is 5.10 Å². The fourth-order valence-electron chi connectivity index (χ4n) is 4.54. The van der Waals surface area contributed by atoms with Crippen molar-refractivity contribution >= 4 is 11.8 Å². The van der Waals surface area contributed by atoms with Crippen molar-refractivity contribution in [3.8, 4) is 0 Å². The second kappa shape index (κ2) is 6.78. The van der Waals surface area contributed by atoms with Gasteiger partial charge in [0.15, 0.2) is 0 Å². The third-order valence-corrected chi connectivity index (χ3v) is 6.11. The summed E-state index contributed by atoms with van der Waals surface area (Å²) in [6, 6.07) is 0. The Hall–Kier alpha value is -2.15. The summed E-state index contributed by atoms with van der Waals surface area (Å²) in [7, 11) is 1.81. The van der Waals surface area contributed by atoms with Gasteiger partial charge < -0.3 is 14.5 Å². The molecule has 27 heavy (non-hydrogen) atoms. The number of aromatic nitrogens is 2. The Labute approximate surface area is 159 Å². The van der Waals surface area contributed by atoms with Crippen molar-refractivity contribution in [1.82, 2.24) is 20.0 Å². The molecule has 4 rings (SSSR count). The van der Waals surface area contributed by atoms with Crippen LogP contribution in [0.15, 0.2) is 24.5 Å². The molecular weight excluding hydrogens is 344 g/mol. The number of amides is 2. The van der Waals surface area contributed by atoms with Gasteiger partial charge >= 0.3 is 0 Å². The fourth-order valence-corrected chi connectivity index (χ4v) is 4.54. The molecule has 0 aromatic carbocycles. The highest BCUT2D eigenvalue weighted by Crippen LogP contribution is 2.52. The fraction of sp³-hybridized carbons (Fsp3) is 0.650. The van der Waals surface area contributed by atoms with E-state index in [0.29, 0.717) is 19.0 Å². The third kappa shape index (κ3) is 3.08. The van der Waals surface area contributed by atoms with E-state index in [1.807, 2.05) is 23.2 Å². The summed E-state index contributed by atoms with van der Waals surface area (Å²) in [6.45, 7) is 6.20. The van der Waals surface area contributed by atoms with Crippen molar-refractivity contribution in [1.29, 1.82) is 0 Å². The topological polar surface area (TPSA) is 78.5 Å². The lowest BCUT2D eigenvalue weighted by Gasteiger charge is -2.27. The van der Waals surface area contributed by atoms with Crippen LogP contribution in [0, 0.1) is 17.8 Å². The third-order valence-electron chi connectivity index (χ3n) is 6.11. The van der Waals surface area contributed by atoms with Gasteiger partial charge in [-0.15, -0.1) is 0 Å². The van der Waals surface area contributed by atoms with E-state index in [2.05, 4.69) is 24.0 Å². The highest BCUT2D eigenvalue weighted by Gasteiger charge is 2.66. The van der Waals surface area contributed by atoms with Gasteiger partial charge in [0.25, 0.3) is 0 Å². The van der Waals surface area contributed by atoms with Crippen LogP contribution < -0.4 is 0 Å². The number of likely N-dealkylation sites (N-methyl/N-ethyl adjacent to an activating group) is 1. The minimum atomic E-state index is -0.607. The largest absolute Gasteiger partial charge is 0.360 e. The smallest absolute Gasteiger partial charge is 0.230 e. The molecule has 2 amide bonds. The van der Waals surface area contributed by atoms with Crippen molar-refractivity contribution in [2.24, 2.45) is 17.8 Å². The van der Waals surface area contributed by atoms with E-state index in [4.69, 9.17) is 4.74 Å². The number of aromatic amines is 1. The van der Waals surface area contributed by atoms with Crippen LogP contribution >= 0.6 is 0 Å². The van der Waals surface area contributed by atoms with Crippen LogP contribution in [-0.2, 0) is 20.7 Å². The molecule has 3 aliphatic heterocycles. The standard InChI is InChI=1S/C20H28N4O3/c1-13(2)5-9-24-12-20-7-4-15(27-20)16(17(20)19(24)26)18(25)23(3)8-6-14-10-21-22-11-14/h4,7,10-11,13,15-17H,5-6,8-9,12H2,1-3H3,(H,21,22)/t15-,16?,17?,20-/m1/s1. The summed E-state index contributed by atoms with van der Waals surface area (Å²) in [5, 5.41) is 6.72. The van der Waals surface area contributed by atoms with Crippen LogP contribution in [0.5, 0.6) is 0 Å². The van der Waals surface area contributed by atoms with Gasteiger partial charge in [0.1, 0.15) is 5.60 Å². The SMILES string of the molecule is CC(C)CCN1C[C@@]23C=C[C@@H](O2)C(C(=O)N(C)CCc2cn[nH]c2)C3C1=O. The molecule has 4 heterocycles. The molecule has 4 atom stereocenters. The number of hydrogen-bond acceptors (Lipinski definition) is 4. The predicted molar refractivity (Wildman–Crippen MR) is 99.7 cm³/mol. The zero-order valence-electron chi connectivity index (χ0n) is 16.2. The van der Waals surface area contributed by atoms with Gasteiger partial charge in [-0.1, -0.05) is 26.0 Å². The normalized spacial score (nSPS) is 31.2. The molecular formula is C20H28N4O3. The Morgan fingerprint density at radius 3 is 3.04 bits per heavy atom. The van der Waals surface area contributed by atoms with E-state index in [9.17, 15) is 9.59 Å². The molecule has 7 heteroatoms. The summed E-state index contributed by atoms with van der Waals surface area (Å²) >= 11 is 0. The van der Waals surface area contributed by atoms with E-state index in [-0.39, 0.29) is 23.8 Å². The summed E-state index contributed by atoms with van der Waals surface area (Å²) in [4.78, 5) is 29.9. The van der Waals surface area contributed by atoms with E-state index in [1.54, 1.807) is 18.1 Å². The number of nitrogens with one attached hydrogen (secondary N) is 1. The van der Waals surface area contributed by atoms with E-state index in [0.717, 1.165) is 24.9 Å².